The summed E-state index contributed by atoms with van der Waals surface area (Å²) in [6, 6.07) is 81.8. The van der Waals surface area contributed by atoms with Gasteiger partial charge in [0, 0.05) is 49.5 Å². The molecule has 0 saturated carbocycles. The Labute approximate surface area is 390 Å². The van der Waals surface area contributed by atoms with Gasteiger partial charge >= 0.3 is 0 Å². The molecule has 0 amide bonds. The minimum Gasteiger partial charge on any atom is -0.455 e. The molecule has 3 aromatic heterocycles. The van der Waals surface area contributed by atoms with Crippen LogP contribution < -0.4 is 0 Å². The molecule has 0 saturated heterocycles. The summed E-state index contributed by atoms with van der Waals surface area (Å²) in [7, 11) is 0. The largest absolute Gasteiger partial charge is 0.455 e. The molecule has 0 N–H and O–H groups in total. The highest BCUT2D eigenvalue weighted by molar-refractivity contribution is 6.16. The van der Waals surface area contributed by atoms with Gasteiger partial charge in [0.05, 0.1) is 11.0 Å². The van der Waals surface area contributed by atoms with E-state index in [1.165, 1.54) is 26.9 Å². The Bertz CT molecular complexity index is 4320. The van der Waals surface area contributed by atoms with Crippen LogP contribution >= 0.6 is 0 Å². The molecule has 5 heteroatoms. The van der Waals surface area contributed by atoms with Crippen LogP contribution in [0, 0.1) is 0 Å². The number of hydrogen-bond donors (Lipinski definition) is 0. The highest BCUT2D eigenvalue weighted by Crippen LogP contribution is 2.42. The van der Waals surface area contributed by atoms with Gasteiger partial charge in [-0.15, -0.1) is 0 Å². The second-order valence-electron chi connectivity index (χ2n) is 17.6. The van der Waals surface area contributed by atoms with Gasteiger partial charge < -0.3 is 8.98 Å². The van der Waals surface area contributed by atoms with E-state index in [-0.39, 0.29) is 0 Å². The fraction of sp³-hybridized carbons (Fsp3) is 0. The van der Waals surface area contributed by atoms with Crippen molar-refractivity contribution in [1.29, 1.82) is 0 Å². The number of para-hydroxylation sites is 2. The second kappa shape index (κ2) is 15.2. The van der Waals surface area contributed by atoms with Gasteiger partial charge in [-0.25, -0.2) is 15.0 Å². The van der Waals surface area contributed by atoms with Crippen molar-refractivity contribution >= 4 is 76.1 Å². The van der Waals surface area contributed by atoms with Crippen LogP contribution in [0.5, 0.6) is 0 Å². The number of furan rings is 1. The Balaban J connectivity index is 0.966. The maximum atomic E-state index is 6.55. The van der Waals surface area contributed by atoms with Crippen molar-refractivity contribution in [3.63, 3.8) is 0 Å². The van der Waals surface area contributed by atoms with Crippen LogP contribution in [-0.4, -0.2) is 19.5 Å². The summed E-state index contributed by atoms with van der Waals surface area (Å²) in [4.78, 5) is 15.7. The Morgan fingerprint density at radius 3 is 1.69 bits per heavy atom. The quantitative estimate of drug-likeness (QED) is 0.167. The minimum atomic E-state index is 0.609. The van der Waals surface area contributed by atoms with E-state index >= 15 is 0 Å². The third-order valence-electron chi connectivity index (χ3n) is 13.6. The number of hydrogen-bond acceptors (Lipinski definition) is 4. The monoisotopic (exact) mass is 866 g/mol. The smallest absolute Gasteiger partial charge is 0.164 e. The predicted octanol–water partition coefficient (Wildman–Crippen LogP) is 16.7. The van der Waals surface area contributed by atoms with Crippen LogP contribution in [0.4, 0.5) is 0 Å². The maximum absolute atomic E-state index is 6.55. The second-order valence-corrected chi connectivity index (χ2v) is 17.6. The summed E-state index contributed by atoms with van der Waals surface area (Å²) in [6.07, 6.45) is 0. The molecule has 0 aliphatic heterocycles. The summed E-state index contributed by atoms with van der Waals surface area (Å²) in [5, 5.41) is 11.5. The molecule has 0 bridgehead atoms. The van der Waals surface area contributed by atoms with Gasteiger partial charge in [-0.2, -0.15) is 0 Å². The van der Waals surface area contributed by atoms with Gasteiger partial charge in [0.25, 0.3) is 0 Å². The lowest BCUT2D eigenvalue weighted by molar-refractivity contribution is 0.670. The van der Waals surface area contributed by atoms with Crippen LogP contribution in [0.3, 0.4) is 0 Å². The molecular formula is C63H38N4O. The SMILES string of the molecule is c1ccc(-c2nc(-c3ccc(-c4ccc5ccccc5c4)cc3)nc(-c3cc(-n4c5ccc(-c6cccc7c6oc6ccccc67)cc5c5cc6ccccc6cc54)cc4ccccc34)n2)cc1. The van der Waals surface area contributed by atoms with Crippen molar-refractivity contribution in [3.8, 4) is 62.1 Å². The summed E-state index contributed by atoms with van der Waals surface area (Å²) in [5.41, 5.74) is 12.3. The molecule has 5 nitrogen and oxygen atoms in total. The normalized spacial score (nSPS) is 11.8. The van der Waals surface area contributed by atoms with Gasteiger partial charge in [0.1, 0.15) is 11.2 Å². The van der Waals surface area contributed by atoms with Gasteiger partial charge in [0.2, 0.25) is 0 Å². The molecule has 0 fully saturated rings. The lowest BCUT2D eigenvalue weighted by Crippen LogP contribution is -2.02. The third-order valence-corrected chi connectivity index (χ3v) is 13.6. The molecule has 14 aromatic rings. The number of benzene rings is 11. The third kappa shape index (κ3) is 6.21. The van der Waals surface area contributed by atoms with E-state index in [9.17, 15) is 0 Å². The van der Waals surface area contributed by atoms with Crippen molar-refractivity contribution in [1.82, 2.24) is 19.5 Å². The zero-order valence-corrected chi connectivity index (χ0v) is 36.6. The van der Waals surface area contributed by atoms with E-state index in [2.05, 4.69) is 205 Å². The molecule has 11 aromatic carbocycles. The Morgan fingerprint density at radius 2 is 0.882 bits per heavy atom. The van der Waals surface area contributed by atoms with Crippen LogP contribution in [0.25, 0.3) is 138 Å². The fourth-order valence-corrected chi connectivity index (χ4v) is 10.3. The first kappa shape index (κ1) is 38.1. The van der Waals surface area contributed by atoms with Gasteiger partial charge in [-0.1, -0.05) is 182 Å². The maximum Gasteiger partial charge on any atom is 0.164 e. The summed E-state index contributed by atoms with van der Waals surface area (Å²) in [6.45, 7) is 0. The Kier molecular flexibility index (Phi) is 8.52. The van der Waals surface area contributed by atoms with Crippen molar-refractivity contribution in [2.24, 2.45) is 0 Å². The molecule has 3 heterocycles. The average Bonchev–Trinajstić information content (AvgIpc) is 3.95. The topological polar surface area (TPSA) is 56.7 Å². The number of nitrogens with zero attached hydrogens (tertiary/aromatic N) is 4. The van der Waals surface area contributed by atoms with Gasteiger partial charge in [-0.05, 0) is 97.5 Å². The number of rotatable bonds is 6. The van der Waals surface area contributed by atoms with E-state index in [1.54, 1.807) is 0 Å². The van der Waals surface area contributed by atoms with E-state index in [0.717, 1.165) is 93.8 Å². The summed E-state index contributed by atoms with van der Waals surface area (Å²) < 4.78 is 8.96. The summed E-state index contributed by atoms with van der Waals surface area (Å²) in [5.74, 6) is 1.84. The number of aromatic nitrogens is 4. The lowest BCUT2D eigenvalue weighted by Gasteiger charge is -2.15. The van der Waals surface area contributed by atoms with Crippen molar-refractivity contribution in [2.75, 3.05) is 0 Å². The predicted molar refractivity (Wildman–Crippen MR) is 281 cm³/mol. The highest BCUT2D eigenvalue weighted by Gasteiger charge is 2.21. The molecule has 68 heavy (non-hydrogen) atoms. The van der Waals surface area contributed by atoms with Crippen molar-refractivity contribution in [3.05, 3.63) is 231 Å². The van der Waals surface area contributed by atoms with E-state index < -0.39 is 0 Å². The first-order valence-electron chi connectivity index (χ1n) is 23.0. The number of fused-ring (bicyclic) bond motifs is 9. The zero-order chi connectivity index (χ0) is 44.7. The average molecular weight is 867 g/mol. The molecule has 0 unspecified atom stereocenters. The highest BCUT2D eigenvalue weighted by atomic mass is 16.3. The molecule has 0 radical (unpaired) electrons. The summed E-state index contributed by atoms with van der Waals surface area (Å²) >= 11 is 0. The molecule has 316 valence electrons. The first-order valence-corrected chi connectivity index (χ1v) is 23.0. The zero-order valence-electron chi connectivity index (χ0n) is 36.6. The first-order chi connectivity index (χ1) is 33.7. The van der Waals surface area contributed by atoms with Crippen LogP contribution in [-0.2, 0) is 0 Å². The molecular weight excluding hydrogens is 829 g/mol. The molecule has 14 rings (SSSR count). The molecule has 0 aliphatic rings. The molecule has 0 aliphatic carbocycles. The van der Waals surface area contributed by atoms with E-state index in [4.69, 9.17) is 19.4 Å². The standard InChI is InChI=1S/C63H38N4O/c1-2-14-41(15-3-1)61-64-62(42-28-25-40(26-29-42)46-30-27-39-13-4-5-16-43(39)33-46)66-63(65-61)56-38-49(34-47-19-8-9-20-50(47)56)67-57-32-31-48(36-54(57)55-35-44-17-6-7-18-45(44)37-58(55)67)51-22-12-23-53-52-21-10-11-24-59(52)68-60(51)53/h1-38H. The lowest BCUT2D eigenvalue weighted by atomic mass is 9.99. The Hall–Kier alpha value is -9.19. The van der Waals surface area contributed by atoms with Crippen LogP contribution in [0.1, 0.15) is 0 Å². The molecule has 0 atom stereocenters. The van der Waals surface area contributed by atoms with E-state index in [1.807, 2.05) is 30.3 Å². The molecule has 0 spiro atoms. The van der Waals surface area contributed by atoms with Crippen molar-refractivity contribution in [2.45, 2.75) is 0 Å². The van der Waals surface area contributed by atoms with Crippen LogP contribution in [0.15, 0.2) is 235 Å². The Morgan fingerprint density at radius 1 is 0.294 bits per heavy atom. The van der Waals surface area contributed by atoms with E-state index in [0.29, 0.717) is 17.5 Å². The minimum absolute atomic E-state index is 0.609. The van der Waals surface area contributed by atoms with Crippen LogP contribution in [0.2, 0.25) is 0 Å². The van der Waals surface area contributed by atoms with Gasteiger partial charge in [0.15, 0.2) is 17.5 Å². The van der Waals surface area contributed by atoms with Crippen molar-refractivity contribution < 1.29 is 4.42 Å². The van der Waals surface area contributed by atoms with Gasteiger partial charge in [-0.3, -0.25) is 0 Å². The fourth-order valence-electron chi connectivity index (χ4n) is 10.3.